The van der Waals surface area contributed by atoms with Gasteiger partial charge in [0.25, 0.3) is 0 Å². The van der Waals surface area contributed by atoms with Gasteiger partial charge in [0.15, 0.2) is 0 Å². The van der Waals surface area contributed by atoms with Crippen molar-refractivity contribution in [2.24, 2.45) is 46.3 Å². The molecular formula is C24H42MgO4. The van der Waals surface area contributed by atoms with Crippen LogP contribution in [0.25, 0.3) is 0 Å². The second-order valence-corrected chi connectivity index (χ2v) is 11.4. The molecule has 0 amide bonds. The van der Waals surface area contributed by atoms with Crippen LogP contribution in [0.2, 0.25) is 0 Å². The van der Waals surface area contributed by atoms with Crippen LogP contribution in [0.3, 0.4) is 0 Å². The van der Waals surface area contributed by atoms with Gasteiger partial charge in [-0.15, -0.1) is 0 Å². The summed E-state index contributed by atoms with van der Waals surface area (Å²) in [7, 11) is 0. The van der Waals surface area contributed by atoms with Crippen LogP contribution in [0.1, 0.15) is 87.8 Å². The van der Waals surface area contributed by atoms with Crippen molar-refractivity contribution in [1.82, 2.24) is 0 Å². The van der Waals surface area contributed by atoms with Crippen LogP contribution >= 0.6 is 0 Å². The van der Waals surface area contributed by atoms with Crippen LogP contribution in [-0.4, -0.2) is 56.5 Å². The van der Waals surface area contributed by atoms with Crippen LogP contribution < -0.4 is 0 Å². The molecule has 0 aromatic rings. The molecule has 0 radical (unpaired) electrons. The minimum absolute atomic E-state index is 0. The third-order valence-electron chi connectivity index (χ3n) is 10.2. The predicted molar refractivity (Wildman–Crippen MR) is 117 cm³/mol. The first-order valence-corrected chi connectivity index (χ1v) is 11.7. The van der Waals surface area contributed by atoms with E-state index >= 15 is 0 Å². The van der Waals surface area contributed by atoms with Gasteiger partial charge in [0, 0.05) is 6.42 Å². The summed E-state index contributed by atoms with van der Waals surface area (Å²) < 4.78 is 0. The fraction of sp³-hybridized carbons (Fsp3) is 0.958. The third-order valence-corrected chi connectivity index (χ3v) is 10.2. The normalized spacial score (nSPS) is 49.9. The van der Waals surface area contributed by atoms with Crippen LogP contribution in [0.15, 0.2) is 0 Å². The van der Waals surface area contributed by atoms with Crippen molar-refractivity contribution in [1.29, 1.82) is 0 Å². The monoisotopic (exact) mass is 418 g/mol. The molecule has 29 heavy (non-hydrogen) atoms. The Labute approximate surface area is 195 Å². The van der Waals surface area contributed by atoms with E-state index in [2.05, 4.69) is 20.8 Å². The summed E-state index contributed by atoms with van der Waals surface area (Å²) in [5, 5.41) is 30.4. The molecule has 0 aromatic carbocycles. The summed E-state index contributed by atoms with van der Waals surface area (Å²) in [5.41, 5.74) is 0.478. The Hall–Kier alpha value is 0.156. The number of hydrogen-bond acceptors (Lipinski definition) is 3. The number of aliphatic hydroxyl groups is 2. The van der Waals surface area contributed by atoms with E-state index < -0.39 is 5.97 Å². The van der Waals surface area contributed by atoms with Crippen molar-refractivity contribution in [3.05, 3.63) is 0 Å². The molecule has 0 saturated heterocycles. The molecule has 0 heterocycles. The minimum Gasteiger partial charge on any atom is -1.00 e. The van der Waals surface area contributed by atoms with E-state index in [-0.39, 0.29) is 55.9 Å². The van der Waals surface area contributed by atoms with Gasteiger partial charge in [-0.1, -0.05) is 20.8 Å². The summed E-state index contributed by atoms with van der Waals surface area (Å²) >= 11 is 0. The van der Waals surface area contributed by atoms with E-state index in [0.717, 1.165) is 32.1 Å². The summed E-state index contributed by atoms with van der Waals surface area (Å²) in [6, 6.07) is 0. The van der Waals surface area contributed by atoms with Crippen LogP contribution in [0.4, 0.5) is 0 Å². The first kappa shape index (κ1) is 23.8. The Bertz CT molecular complexity index is 622. The van der Waals surface area contributed by atoms with Gasteiger partial charge in [-0.05, 0) is 104 Å². The Morgan fingerprint density at radius 1 is 1.00 bits per heavy atom. The molecule has 4 aliphatic rings. The van der Waals surface area contributed by atoms with Crippen molar-refractivity contribution >= 4 is 29.0 Å². The Morgan fingerprint density at radius 2 is 1.66 bits per heavy atom. The topological polar surface area (TPSA) is 77.8 Å². The molecule has 4 rings (SSSR count). The zero-order valence-corrected chi connectivity index (χ0v) is 20.1. The molecule has 4 nitrogen and oxygen atoms in total. The number of aliphatic carboxylic acids is 1. The maximum atomic E-state index is 11.1. The van der Waals surface area contributed by atoms with E-state index in [9.17, 15) is 15.0 Å². The second kappa shape index (κ2) is 8.59. The second-order valence-electron chi connectivity index (χ2n) is 11.4. The first-order chi connectivity index (χ1) is 13.2. The fourth-order valence-corrected chi connectivity index (χ4v) is 8.81. The maximum absolute atomic E-state index is 11.1. The molecular weight excluding hydrogens is 377 g/mol. The van der Waals surface area contributed by atoms with Gasteiger partial charge >= 0.3 is 29.0 Å². The summed E-state index contributed by atoms with van der Waals surface area (Å²) in [5.74, 6) is 2.61. The molecule has 0 aromatic heterocycles. The molecule has 2 unspecified atom stereocenters. The van der Waals surface area contributed by atoms with Gasteiger partial charge in [-0.25, -0.2) is 0 Å². The fourth-order valence-electron chi connectivity index (χ4n) is 8.81. The van der Waals surface area contributed by atoms with Crippen molar-refractivity contribution in [2.75, 3.05) is 0 Å². The molecule has 10 atom stereocenters. The van der Waals surface area contributed by atoms with Crippen molar-refractivity contribution in [3.63, 3.8) is 0 Å². The molecule has 0 spiro atoms. The van der Waals surface area contributed by atoms with E-state index in [1.807, 2.05) is 0 Å². The van der Waals surface area contributed by atoms with E-state index in [0.29, 0.717) is 35.0 Å². The molecule has 0 aliphatic heterocycles. The molecule has 5 heteroatoms. The quantitative estimate of drug-likeness (QED) is 0.594. The predicted octanol–water partition coefficient (Wildman–Crippen LogP) is 4.32. The summed E-state index contributed by atoms with van der Waals surface area (Å²) in [6.07, 6.45) is 9.16. The Morgan fingerprint density at radius 3 is 2.34 bits per heavy atom. The first-order valence-electron chi connectivity index (χ1n) is 11.7. The van der Waals surface area contributed by atoms with Gasteiger partial charge in [-0.2, -0.15) is 0 Å². The number of carbonyl (C=O) groups is 1. The number of aliphatic hydroxyl groups excluding tert-OH is 2. The van der Waals surface area contributed by atoms with Gasteiger partial charge in [0.1, 0.15) is 0 Å². The van der Waals surface area contributed by atoms with E-state index in [1.54, 1.807) is 0 Å². The summed E-state index contributed by atoms with van der Waals surface area (Å²) in [4.78, 5) is 11.1. The average Bonchev–Trinajstić information content (AvgIpc) is 2.99. The molecule has 4 saturated carbocycles. The maximum Gasteiger partial charge on any atom is 2.00 e. The minimum atomic E-state index is -0.677. The summed E-state index contributed by atoms with van der Waals surface area (Å²) in [6.45, 7) is 7.16. The number of carboxylic acid groups (broad SMARTS) is 1. The number of fused-ring (bicyclic) bond motifs is 5. The number of rotatable bonds is 4. The average molecular weight is 419 g/mol. The van der Waals surface area contributed by atoms with Crippen molar-refractivity contribution < 1.29 is 23.0 Å². The molecule has 0 bridgehead atoms. The third kappa shape index (κ3) is 3.91. The van der Waals surface area contributed by atoms with Crippen LogP contribution in [-0.2, 0) is 4.79 Å². The number of hydrogen-bond donors (Lipinski definition) is 3. The van der Waals surface area contributed by atoms with Gasteiger partial charge in [0.05, 0.1) is 12.2 Å². The zero-order valence-electron chi connectivity index (χ0n) is 20.6. The molecule has 3 N–H and O–H groups in total. The SMILES string of the molecule is C[C@H](CCC(=O)O)[C@H]1CC[C@H]2[C@@H]3CC(O)[C@@H]4CC(O)CC[C@]4(C)[C@H]3CC[C@]12C.[H-].[H-].[Mg+2]. The Kier molecular flexibility index (Phi) is 7.06. The smallest absolute Gasteiger partial charge is 1.00 e. The largest absolute Gasteiger partial charge is 2.00 e. The van der Waals surface area contributed by atoms with Crippen molar-refractivity contribution in [2.45, 2.75) is 97.2 Å². The van der Waals surface area contributed by atoms with Gasteiger partial charge < -0.3 is 18.2 Å². The molecule has 4 fully saturated rings. The Balaban J connectivity index is 0.00000160. The van der Waals surface area contributed by atoms with Crippen LogP contribution in [0.5, 0.6) is 0 Å². The molecule has 164 valence electrons. The number of carboxylic acids is 1. The van der Waals surface area contributed by atoms with Gasteiger partial charge in [-0.3, -0.25) is 4.79 Å². The standard InChI is InChI=1S/C24H40O4.Mg.2H/c1-14(4-7-22(27)28)17-5-6-18-16-13-21(26)20-12-15(25)8-10-24(20,3)19(16)9-11-23(17,18)2;;;/h14-21,25-26H,4-13H2,1-3H3,(H,27,28);;;/q;+2;2*-1/t14-,15?,16+,17-,18+,19+,20+,21?,23-,24-;;;/m1.../s1. The van der Waals surface area contributed by atoms with Crippen molar-refractivity contribution in [3.8, 4) is 0 Å². The van der Waals surface area contributed by atoms with Crippen LogP contribution in [0, 0.1) is 46.3 Å². The van der Waals surface area contributed by atoms with E-state index in [4.69, 9.17) is 5.11 Å². The van der Waals surface area contributed by atoms with E-state index in [1.165, 1.54) is 25.7 Å². The molecule has 4 aliphatic carbocycles. The zero-order chi connectivity index (χ0) is 20.3. The van der Waals surface area contributed by atoms with Gasteiger partial charge in [0.2, 0.25) is 0 Å².